The van der Waals surface area contributed by atoms with Crippen LogP contribution in [0.25, 0.3) is 41.8 Å². The summed E-state index contributed by atoms with van der Waals surface area (Å²) in [6.07, 6.45) is 2.86. The van der Waals surface area contributed by atoms with Crippen LogP contribution in [0.1, 0.15) is 12.5 Å². The second-order valence-corrected chi connectivity index (χ2v) is 16.2. The van der Waals surface area contributed by atoms with E-state index in [2.05, 4.69) is 27.9 Å². The Labute approximate surface area is 259 Å². The first-order valence-corrected chi connectivity index (χ1v) is 19.5. The molecule has 0 aliphatic carbocycles. The second kappa shape index (κ2) is 21.2. The van der Waals surface area contributed by atoms with Gasteiger partial charge in [0.2, 0.25) is 30.1 Å². The molecule has 0 bridgehead atoms. The van der Waals surface area contributed by atoms with E-state index < -0.39 is 49.9 Å². The van der Waals surface area contributed by atoms with Crippen molar-refractivity contribution in [3.63, 3.8) is 0 Å². The van der Waals surface area contributed by atoms with E-state index in [9.17, 15) is 42.1 Å². The van der Waals surface area contributed by atoms with E-state index in [-0.39, 0.29) is 10.6 Å². The van der Waals surface area contributed by atoms with Crippen LogP contribution in [-0.2, 0) is 49.9 Å². The maximum Gasteiger partial charge on any atom is 0.264 e. The van der Waals surface area contributed by atoms with Gasteiger partial charge in [-0.05, 0) is 53.3 Å². The first kappa shape index (κ1) is 44.9. The molecule has 0 heterocycles. The van der Waals surface area contributed by atoms with Gasteiger partial charge in [0, 0.05) is 56.5 Å². The van der Waals surface area contributed by atoms with E-state index in [1.807, 2.05) is 16.7 Å². The average molecular weight is 731 g/mol. The summed E-state index contributed by atoms with van der Waals surface area (Å²) in [6, 6.07) is 14.3. The summed E-state index contributed by atoms with van der Waals surface area (Å²) < 4.78 is 114. The normalized spacial score (nSPS) is 10.4. The molecule has 0 fully saturated rings. The molecule has 22 nitrogen and oxygen atoms in total. The molecule has 0 spiro atoms. The number of sulfonamides is 4. The fourth-order valence-corrected chi connectivity index (χ4v) is 3.53. The molecule has 0 amide bonds. The molecule has 0 aliphatic heterocycles. The molecule has 2 aromatic rings. The van der Waals surface area contributed by atoms with Crippen LogP contribution in [-0.4, -0.2) is 66.6 Å². The largest absolute Gasteiger partial charge is 0.264 e. The van der Waals surface area contributed by atoms with Crippen molar-refractivity contribution in [1.29, 1.82) is 0 Å². The van der Waals surface area contributed by atoms with E-state index in [1.165, 1.54) is 25.3 Å². The predicted octanol–water partition coefficient (Wildman–Crippen LogP) is 4.24. The Morgan fingerprint density at radius 2 is 0.933 bits per heavy atom. The quantitative estimate of drug-likeness (QED) is 0.221. The van der Waals surface area contributed by atoms with Gasteiger partial charge < -0.3 is 0 Å². The Bertz CT molecular complexity index is 1950. The van der Waals surface area contributed by atoms with Crippen LogP contribution in [0.15, 0.2) is 82.5 Å². The van der Waals surface area contributed by atoms with Gasteiger partial charge in [-0.15, -0.1) is 0 Å². The first-order chi connectivity index (χ1) is 20.4. The van der Waals surface area contributed by atoms with Gasteiger partial charge in [0.25, 0.3) is 10.0 Å². The topological polar surface area (TPSA) is 366 Å². The van der Waals surface area contributed by atoms with E-state index in [4.69, 9.17) is 22.1 Å². The molecule has 27 heteroatoms. The van der Waals surface area contributed by atoms with Crippen molar-refractivity contribution in [2.45, 2.75) is 23.6 Å². The molecule has 0 aliphatic rings. The lowest BCUT2D eigenvalue weighted by molar-refractivity contribution is 0.596. The molecule has 0 aromatic heterocycles. The lowest BCUT2D eigenvalue weighted by atomic mass is 10.2. The third kappa shape index (κ3) is 28.0. The maximum atomic E-state index is 11.0. The van der Waals surface area contributed by atoms with Crippen LogP contribution < -0.4 is 0 Å². The number of sulfone groups is 1. The molecular weight excluding hydrogens is 705 g/mol. The molecule has 45 heavy (non-hydrogen) atoms. The summed E-state index contributed by atoms with van der Waals surface area (Å²) >= 11 is 0. The Morgan fingerprint density at radius 1 is 0.556 bits per heavy atom. The van der Waals surface area contributed by atoms with Gasteiger partial charge in [0.1, 0.15) is 0 Å². The molecule has 0 unspecified atom stereocenters. The number of benzene rings is 2. The predicted molar refractivity (Wildman–Crippen MR) is 164 cm³/mol. The van der Waals surface area contributed by atoms with Gasteiger partial charge in [-0.1, -0.05) is 42.8 Å². The SMILES string of the molecule is CCS(=O)(=O)N=[N+]=[N-].CS(=O)(=O)N=[N+]=[N-].CS(=O)(=O)N=[N+]=[N-].Cc1ccc(S(C)(=O)=O)cc1.[N-]=[N+]=NS(=O)(=O)c1ccccc1. The van der Waals surface area contributed by atoms with E-state index in [0.29, 0.717) is 4.90 Å². The van der Waals surface area contributed by atoms with E-state index >= 15 is 0 Å². The van der Waals surface area contributed by atoms with Gasteiger partial charge in [0.05, 0.1) is 15.5 Å². The summed E-state index contributed by atoms with van der Waals surface area (Å²) in [6.45, 7) is 3.33. The Balaban J connectivity index is -0.000000501. The van der Waals surface area contributed by atoms with E-state index in [0.717, 1.165) is 18.1 Å². The highest BCUT2D eigenvalue weighted by Crippen LogP contribution is 2.10. The van der Waals surface area contributed by atoms with Crippen LogP contribution in [0.4, 0.5) is 0 Å². The van der Waals surface area contributed by atoms with Crippen LogP contribution in [0.5, 0.6) is 0 Å². The van der Waals surface area contributed by atoms with Crippen LogP contribution in [0.3, 0.4) is 0 Å². The number of azide groups is 4. The van der Waals surface area contributed by atoms with Gasteiger partial charge in [0.15, 0.2) is 9.84 Å². The maximum absolute atomic E-state index is 11.0. The summed E-state index contributed by atoms with van der Waals surface area (Å²) in [5, 5.41) is 0. The average Bonchev–Trinajstić information content (AvgIpc) is 2.89. The molecule has 0 N–H and O–H groups in total. The fourth-order valence-electron chi connectivity index (χ4n) is 1.72. The summed E-state index contributed by atoms with van der Waals surface area (Å²) in [5.74, 6) is -0.142. The zero-order valence-electron chi connectivity index (χ0n) is 23.9. The Hall–Kier alpha value is -4.57. The van der Waals surface area contributed by atoms with Gasteiger partial charge >= 0.3 is 0 Å². The van der Waals surface area contributed by atoms with E-state index in [1.54, 1.807) is 42.5 Å². The van der Waals surface area contributed by atoms with Gasteiger partial charge in [-0.3, -0.25) is 0 Å². The van der Waals surface area contributed by atoms with Gasteiger partial charge in [-0.25, -0.2) is 42.1 Å². The molecule has 0 saturated carbocycles. The zero-order chi connectivity index (χ0) is 36.0. The minimum atomic E-state index is -3.80. The number of rotatable bonds is 7. The molecule has 0 radical (unpaired) electrons. The van der Waals surface area contributed by atoms with Crippen LogP contribution in [0, 0.1) is 6.92 Å². The van der Waals surface area contributed by atoms with Crippen molar-refractivity contribution in [1.82, 2.24) is 0 Å². The second-order valence-electron chi connectivity index (χ2n) is 7.39. The van der Waals surface area contributed by atoms with Crippen molar-refractivity contribution in [3.8, 4) is 0 Å². The third-order valence-corrected chi connectivity index (χ3v) is 7.60. The van der Waals surface area contributed by atoms with Crippen molar-refractivity contribution >= 4 is 49.9 Å². The minimum absolute atomic E-state index is 0.00259. The van der Waals surface area contributed by atoms with Gasteiger partial charge in [-0.2, -0.15) is 0 Å². The van der Waals surface area contributed by atoms with Crippen LogP contribution in [0.2, 0.25) is 0 Å². The molecular formula is C18H26N12O10S5. The van der Waals surface area contributed by atoms with Crippen molar-refractivity contribution in [2.75, 3.05) is 24.5 Å². The third-order valence-electron chi connectivity index (χ3n) is 3.53. The summed E-state index contributed by atoms with van der Waals surface area (Å²) in [4.78, 5) is 8.80. The number of nitrogens with zero attached hydrogens (tertiary/aromatic N) is 12. The highest BCUT2D eigenvalue weighted by Gasteiger charge is 2.09. The smallest absolute Gasteiger partial charge is 0.224 e. The molecule has 248 valence electrons. The van der Waals surface area contributed by atoms with Crippen molar-refractivity contribution in [3.05, 3.63) is 102 Å². The highest BCUT2D eigenvalue weighted by molar-refractivity contribution is 7.91. The first-order valence-electron chi connectivity index (χ1n) is 10.9. The molecule has 2 aromatic carbocycles. The molecule has 2 rings (SSSR count). The monoisotopic (exact) mass is 730 g/mol. The zero-order valence-corrected chi connectivity index (χ0v) is 28.0. The lowest BCUT2D eigenvalue weighted by Crippen LogP contribution is -1.95. The van der Waals surface area contributed by atoms with Crippen molar-refractivity contribution in [2.24, 2.45) is 18.1 Å². The lowest BCUT2D eigenvalue weighted by Gasteiger charge is -1.96. The summed E-state index contributed by atoms with van der Waals surface area (Å²) in [5.41, 5.74) is 31.6. The Kier molecular flexibility index (Phi) is 21.1. The highest BCUT2D eigenvalue weighted by atomic mass is 32.2. The number of hydrogen-bond donors (Lipinski definition) is 0. The van der Waals surface area contributed by atoms with Crippen LogP contribution >= 0.6 is 0 Å². The number of aryl methyl sites for hydroxylation is 1. The standard InChI is InChI=1S/C8H10O2S.C6H5N3O2S.C2H5N3O2S.2CH3N3O2S/c1-7-3-5-8(6-4-7)11(2,9)10;7-8-9-12(10,11)6-4-2-1-3-5-6;1-2-8(6,7)5-4-3;2*1-7(5,6)4-3-2/h3-6H,1-2H3;1-5H;2H2,1H3;2*1H3. The fraction of sp³-hybridized carbons (Fsp3) is 0.333. The Morgan fingerprint density at radius 3 is 1.18 bits per heavy atom. The summed E-state index contributed by atoms with van der Waals surface area (Å²) in [7, 11) is -17.2. The minimum Gasteiger partial charge on any atom is -0.224 e. The number of hydrogen-bond acceptors (Lipinski definition) is 10. The van der Waals surface area contributed by atoms with Crippen molar-refractivity contribution < 1.29 is 42.1 Å². The molecule has 0 saturated heterocycles. The molecule has 0 atom stereocenters.